The van der Waals surface area contributed by atoms with Crippen LogP contribution in [0.15, 0.2) is 0 Å². The van der Waals surface area contributed by atoms with Crippen molar-refractivity contribution in [1.82, 2.24) is 0 Å². The second-order valence-electron chi connectivity index (χ2n) is 1.82. The molecule has 0 radical (unpaired) electrons. The molecule has 0 aromatic carbocycles. The normalized spacial score (nSPS) is 32.7. The van der Waals surface area contributed by atoms with E-state index in [1.165, 1.54) is 10.8 Å². The van der Waals surface area contributed by atoms with Crippen LogP contribution in [0.2, 0.25) is 0 Å². The van der Waals surface area contributed by atoms with Crippen LogP contribution in [0.3, 0.4) is 0 Å². The Labute approximate surface area is 53.7 Å². The molecule has 1 unspecified atom stereocenters. The number of alkyl halides is 1. The number of hydrogen-bond donors (Lipinski definition) is 0. The first-order chi connectivity index (χ1) is 3.30. The van der Waals surface area contributed by atoms with E-state index in [9.17, 15) is 4.79 Å². The molecule has 0 spiro atoms. The standard InChI is InChI=1S/C5H8IO/c1-4-2-3-6-5(4)7/h4H,2-3H2,1H3/q-1. The van der Waals surface area contributed by atoms with E-state index in [0.29, 0.717) is 9.71 Å². The van der Waals surface area contributed by atoms with E-state index in [4.69, 9.17) is 0 Å². The summed E-state index contributed by atoms with van der Waals surface area (Å²) in [7, 11) is 0. The van der Waals surface area contributed by atoms with Gasteiger partial charge in [0.05, 0.1) is 0 Å². The van der Waals surface area contributed by atoms with Crippen molar-refractivity contribution < 1.29 is 26.0 Å². The first-order valence-corrected chi connectivity index (χ1v) is 5.04. The fourth-order valence-corrected chi connectivity index (χ4v) is 3.40. The van der Waals surface area contributed by atoms with Gasteiger partial charge in [0.25, 0.3) is 0 Å². The van der Waals surface area contributed by atoms with E-state index >= 15 is 0 Å². The predicted octanol–water partition coefficient (Wildman–Crippen LogP) is -2.36. The summed E-state index contributed by atoms with van der Waals surface area (Å²) in [6.45, 7) is 2.04. The average Bonchev–Trinajstić information content (AvgIpc) is 1.91. The Balaban J connectivity index is 2.48. The van der Waals surface area contributed by atoms with Crippen LogP contribution in [0.1, 0.15) is 13.3 Å². The van der Waals surface area contributed by atoms with E-state index in [0.717, 1.165) is 0 Å². The summed E-state index contributed by atoms with van der Waals surface area (Å²) in [5.41, 5.74) is 0. The van der Waals surface area contributed by atoms with Gasteiger partial charge in [0, 0.05) is 0 Å². The van der Waals surface area contributed by atoms with Crippen LogP contribution < -0.4 is 21.2 Å². The molecule has 0 N–H and O–H groups in total. The first-order valence-electron chi connectivity index (χ1n) is 2.43. The molecule has 1 saturated heterocycles. The molecule has 0 amide bonds. The van der Waals surface area contributed by atoms with Crippen molar-refractivity contribution in [3.63, 3.8) is 0 Å². The van der Waals surface area contributed by atoms with Gasteiger partial charge >= 0.3 is 53.5 Å². The molecule has 2 heteroatoms. The summed E-state index contributed by atoms with van der Waals surface area (Å²) in [6, 6.07) is 0. The van der Waals surface area contributed by atoms with Gasteiger partial charge in [-0.2, -0.15) is 0 Å². The zero-order valence-electron chi connectivity index (χ0n) is 4.28. The van der Waals surface area contributed by atoms with Crippen molar-refractivity contribution in [3.05, 3.63) is 0 Å². The quantitative estimate of drug-likeness (QED) is 0.249. The second-order valence-corrected chi connectivity index (χ2v) is 4.72. The van der Waals surface area contributed by atoms with Gasteiger partial charge in [-0.05, 0) is 0 Å². The van der Waals surface area contributed by atoms with Crippen molar-refractivity contribution >= 4 is 3.79 Å². The van der Waals surface area contributed by atoms with Crippen LogP contribution in [0.4, 0.5) is 0 Å². The molecule has 0 aromatic rings. The van der Waals surface area contributed by atoms with Crippen molar-refractivity contribution in [3.8, 4) is 0 Å². The molecule has 1 fully saturated rings. The van der Waals surface area contributed by atoms with E-state index in [1.807, 2.05) is 6.92 Å². The molecule has 0 aromatic heterocycles. The predicted molar refractivity (Wildman–Crippen MR) is 23.7 cm³/mol. The molecule has 1 heterocycles. The SMILES string of the molecule is CC1CC[I-]C1=O. The summed E-state index contributed by atoms with van der Waals surface area (Å²) in [6.07, 6.45) is 1.17. The topological polar surface area (TPSA) is 17.1 Å². The third-order valence-electron chi connectivity index (χ3n) is 1.16. The summed E-state index contributed by atoms with van der Waals surface area (Å²) in [4.78, 5) is 10.6. The van der Waals surface area contributed by atoms with Gasteiger partial charge in [0.1, 0.15) is 0 Å². The van der Waals surface area contributed by atoms with Gasteiger partial charge in [-0.1, -0.05) is 0 Å². The molecule has 1 aliphatic rings. The first kappa shape index (κ1) is 5.54. The molecule has 1 nitrogen and oxygen atoms in total. The van der Waals surface area contributed by atoms with Crippen LogP contribution >= 0.6 is 0 Å². The van der Waals surface area contributed by atoms with Gasteiger partial charge in [-0.15, -0.1) is 0 Å². The Hall–Kier alpha value is 0.400. The van der Waals surface area contributed by atoms with Gasteiger partial charge in [-0.3, -0.25) is 0 Å². The molecule has 0 saturated carbocycles. The van der Waals surface area contributed by atoms with Crippen LogP contribution in [0, 0.1) is 5.92 Å². The molecule has 1 atom stereocenters. The molecule has 1 aliphatic heterocycles. The fraction of sp³-hybridized carbons (Fsp3) is 0.800. The minimum absolute atomic E-state index is 0.000324. The summed E-state index contributed by atoms with van der Waals surface area (Å²) in [5, 5.41) is 0. The van der Waals surface area contributed by atoms with Gasteiger partial charge in [0.15, 0.2) is 0 Å². The Morgan fingerprint density at radius 3 is 2.71 bits per heavy atom. The van der Waals surface area contributed by atoms with Crippen LogP contribution in [0.5, 0.6) is 0 Å². The molecule has 42 valence electrons. The van der Waals surface area contributed by atoms with Crippen LogP contribution in [-0.2, 0) is 4.79 Å². The average molecular weight is 211 g/mol. The Morgan fingerprint density at radius 1 is 1.86 bits per heavy atom. The van der Waals surface area contributed by atoms with Gasteiger partial charge < -0.3 is 0 Å². The van der Waals surface area contributed by atoms with E-state index in [2.05, 4.69) is 0 Å². The molecule has 0 bridgehead atoms. The molecule has 0 aliphatic carbocycles. The number of carbonyl (C=O) groups is 1. The number of rotatable bonds is 0. The fourth-order valence-electron chi connectivity index (χ4n) is 0.557. The monoisotopic (exact) mass is 211 g/mol. The molecular weight excluding hydrogens is 203 g/mol. The summed E-state index contributed by atoms with van der Waals surface area (Å²) < 4.78 is 1.80. The maximum absolute atomic E-state index is 10.6. The number of hydrogen-bond acceptors (Lipinski definition) is 1. The van der Waals surface area contributed by atoms with E-state index in [-0.39, 0.29) is 21.2 Å². The Morgan fingerprint density at radius 2 is 2.57 bits per heavy atom. The summed E-state index contributed by atoms with van der Waals surface area (Å²) >= 11 is 0.000324. The van der Waals surface area contributed by atoms with Crippen molar-refractivity contribution in [2.75, 3.05) is 4.43 Å². The second kappa shape index (κ2) is 2.11. The molecule has 1 rings (SSSR count). The summed E-state index contributed by atoms with van der Waals surface area (Å²) in [5.74, 6) is 0.424. The van der Waals surface area contributed by atoms with Crippen molar-refractivity contribution in [1.29, 1.82) is 0 Å². The van der Waals surface area contributed by atoms with Gasteiger partial charge in [-0.25, -0.2) is 0 Å². The van der Waals surface area contributed by atoms with Crippen molar-refractivity contribution in [2.24, 2.45) is 5.92 Å². The minimum atomic E-state index is 0.000324. The maximum atomic E-state index is 10.6. The third-order valence-corrected chi connectivity index (χ3v) is 4.13. The van der Waals surface area contributed by atoms with E-state index in [1.54, 1.807) is 0 Å². The Kier molecular flexibility index (Phi) is 1.67. The van der Waals surface area contributed by atoms with Crippen molar-refractivity contribution in [2.45, 2.75) is 13.3 Å². The zero-order valence-corrected chi connectivity index (χ0v) is 6.44. The van der Waals surface area contributed by atoms with Gasteiger partial charge in [0.2, 0.25) is 0 Å². The van der Waals surface area contributed by atoms with Crippen LogP contribution in [0.25, 0.3) is 0 Å². The molecular formula is C5H8IO-. The number of halogens is 1. The number of carbonyl (C=O) groups excluding carboxylic acids is 1. The third kappa shape index (κ3) is 1.15. The van der Waals surface area contributed by atoms with Crippen LogP contribution in [-0.4, -0.2) is 8.22 Å². The Bertz CT molecular complexity index is 90.1. The zero-order chi connectivity index (χ0) is 5.28. The molecule has 7 heavy (non-hydrogen) atoms. The van der Waals surface area contributed by atoms with E-state index < -0.39 is 0 Å².